The topological polar surface area (TPSA) is 24.1 Å². The van der Waals surface area contributed by atoms with E-state index in [4.69, 9.17) is 0 Å². The van der Waals surface area contributed by atoms with Crippen molar-refractivity contribution >= 4 is 0 Å². The van der Waals surface area contributed by atoms with Gasteiger partial charge >= 0.3 is 0 Å². The maximum absolute atomic E-state index is 3.70. The Kier molecular flexibility index (Phi) is 3.45. The zero-order chi connectivity index (χ0) is 9.86. The second-order valence-corrected chi connectivity index (χ2v) is 5.34. The Labute approximate surface area is 87.8 Å². The van der Waals surface area contributed by atoms with Crippen LogP contribution in [0, 0.1) is 5.92 Å². The van der Waals surface area contributed by atoms with E-state index in [-0.39, 0.29) is 0 Å². The molecule has 0 radical (unpaired) electrons. The number of nitrogens with one attached hydrogen (secondary N) is 2. The van der Waals surface area contributed by atoms with Crippen LogP contribution in [0.15, 0.2) is 0 Å². The van der Waals surface area contributed by atoms with E-state index >= 15 is 0 Å². The van der Waals surface area contributed by atoms with Crippen LogP contribution in [0.2, 0.25) is 0 Å². The predicted molar refractivity (Wildman–Crippen MR) is 60.5 cm³/mol. The summed E-state index contributed by atoms with van der Waals surface area (Å²) >= 11 is 0. The Bertz CT molecular complexity index is 167. The third kappa shape index (κ3) is 2.71. The van der Waals surface area contributed by atoms with Gasteiger partial charge in [0.1, 0.15) is 0 Å². The van der Waals surface area contributed by atoms with Crippen LogP contribution in [0.5, 0.6) is 0 Å². The van der Waals surface area contributed by atoms with Crippen LogP contribution in [0.25, 0.3) is 0 Å². The third-order valence-electron chi connectivity index (χ3n) is 3.97. The van der Waals surface area contributed by atoms with Gasteiger partial charge in [0.15, 0.2) is 0 Å². The first-order valence-corrected chi connectivity index (χ1v) is 6.24. The average molecular weight is 196 g/mol. The standard InChI is InChI=1S/C12H24N2/c1-12(6-2-3-8-14-12)7-4-11-5-9-13-10-11/h11,13-14H,2-10H2,1H3. The highest BCUT2D eigenvalue weighted by Crippen LogP contribution is 2.27. The van der Waals surface area contributed by atoms with E-state index in [9.17, 15) is 0 Å². The molecule has 0 amide bonds. The molecule has 2 atom stereocenters. The molecule has 2 saturated heterocycles. The minimum absolute atomic E-state index is 0.459. The van der Waals surface area contributed by atoms with Crippen molar-refractivity contribution < 1.29 is 0 Å². The Morgan fingerprint density at radius 2 is 2.21 bits per heavy atom. The van der Waals surface area contributed by atoms with Gasteiger partial charge in [-0.25, -0.2) is 0 Å². The van der Waals surface area contributed by atoms with Gasteiger partial charge in [-0.3, -0.25) is 0 Å². The van der Waals surface area contributed by atoms with E-state index < -0.39 is 0 Å². The van der Waals surface area contributed by atoms with Crippen LogP contribution in [-0.2, 0) is 0 Å². The fourth-order valence-corrected chi connectivity index (χ4v) is 2.82. The summed E-state index contributed by atoms with van der Waals surface area (Å²) in [7, 11) is 0. The first kappa shape index (κ1) is 10.4. The molecule has 2 heterocycles. The minimum Gasteiger partial charge on any atom is -0.316 e. The van der Waals surface area contributed by atoms with Gasteiger partial charge in [-0.2, -0.15) is 0 Å². The SMILES string of the molecule is CC1(CCC2CCNC2)CCCCN1. The van der Waals surface area contributed by atoms with E-state index in [0.29, 0.717) is 5.54 Å². The normalized spacial score (nSPS) is 38.8. The smallest absolute Gasteiger partial charge is 0.0153 e. The van der Waals surface area contributed by atoms with Gasteiger partial charge < -0.3 is 10.6 Å². The monoisotopic (exact) mass is 196 g/mol. The van der Waals surface area contributed by atoms with E-state index in [1.807, 2.05) is 0 Å². The fourth-order valence-electron chi connectivity index (χ4n) is 2.82. The predicted octanol–water partition coefficient (Wildman–Crippen LogP) is 1.91. The molecule has 14 heavy (non-hydrogen) atoms. The first-order chi connectivity index (χ1) is 6.79. The molecule has 2 fully saturated rings. The highest BCUT2D eigenvalue weighted by atomic mass is 15.0. The molecule has 0 saturated carbocycles. The van der Waals surface area contributed by atoms with Crippen molar-refractivity contribution in [2.45, 2.75) is 51.0 Å². The second kappa shape index (κ2) is 4.63. The summed E-state index contributed by atoms with van der Waals surface area (Å²) < 4.78 is 0. The summed E-state index contributed by atoms with van der Waals surface area (Å²) in [6, 6.07) is 0. The van der Waals surface area contributed by atoms with Gasteiger partial charge in [0.25, 0.3) is 0 Å². The lowest BCUT2D eigenvalue weighted by molar-refractivity contribution is 0.243. The van der Waals surface area contributed by atoms with Crippen molar-refractivity contribution in [1.82, 2.24) is 10.6 Å². The van der Waals surface area contributed by atoms with E-state index in [1.54, 1.807) is 0 Å². The van der Waals surface area contributed by atoms with Gasteiger partial charge in [0.2, 0.25) is 0 Å². The van der Waals surface area contributed by atoms with Crippen molar-refractivity contribution in [2.24, 2.45) is 5.92 Å². The molecule has 2 N–H and O–H groups in total. The Balaban J connectivity index is 1.72. The zero-order valence-corrected chi connectivity index (χ0v) is 9.44. The lowest BCUT2D eigenvalue weighted by Crippen LogP contribution is -2.46. The molecule has 0 aromatic heterocycles. The maximum atomic E-state index is 3.70. The number of hydrogen-bond acceptors (Lipinski definition) is 2. The fraction of sp³-hybridized carbons (Fsp3) is 1.00. The molecule has 82 valence electrons. The molecule has 0 bridgehead atoms. The van der Waals surface area contributed by atoms with Gasteiger partial charge in [0.05, 0.1) is 0 Å². The second-order valence-electron chi connectivity index (χ2n) is 5.34. The van der Waals surface area contributed by atoms with E-state index in [0.717, 1.165) is 5.92 Å². The largest absolute Gasteiger partial charge is 0.316 e. The number of rotatable bonds is 3. The molecule has 2 nitrogen and oxygen atoms in total. The summed E-state index contributed by atoms with van der Waals surface area (Å²) in [6.07, 6.45) is 8.37. The van der Waals surface area contributed by atoms with Crippen molar-refractivity contribution in [2.75, 3.05) is 19.6 Å². The number of piperidine rings is 1. The Morgan fingerprint density at radius 3 is 2.86 bits per heavy atom. The average Bonchev–Trinajstić information content (AvgIpc) is 2.69. The molecule has 2 unspecified atom stereocenters. The van der Waals surface area contributed by atoms with Crippen molar-refractivity contribution in [3.8, 4) is 0 Å². The molecule has 0 aromatic rings. The molecule has 0 aromatic carbocycles. The molecular formula is C12H24N2. The summed E-state index contributed by atoms with van der Waals surface area (Å²) in [5.41, 5.74) is 0.459. The molecular weight excluding hydrogens is 172 g/mol. The van der Waals surface area contributed by atoms with Gasteiger partial charge in [-0.15, -0.1) is 0 Å². The summed E-state index contributed by atoms with van der Waals surface area (Å²) in [5, 5.41) is 7.15. The Hall–Kier alpha value is -0.0800. The van der Waals surface area contributed by atoms with Crippen LogP contribution in [0.1, 0.15) is 45.4 Å². The van der Waals surface area contributed by atoms with E-state index in [2.05, 4.69) is 17.6 Å². The lowest BCUT2D eigenvalue weighted by Gasteiger charge is -2.35. The van der Waals surface area contributed by atoms with Gasteiger partial charge in [-0.05, 0) is 64.6 Å². The van der Waals surface area contributed by atoms with Gasteiger partial charge in [-0.1, -0.05) is 6.42 Å². The van der Waals surface area contributed by atoms with Crippen molar-refractivity contribution in [3.05, 3.63) is 0 Å². The first-order valence-electron chi connectivity index (χ1n) is 6.24. The molecule has 0 spiro atoms. The lowest BCUT2D eigenvalue weighted by atomic mass is 9.84. The summed E-state index contributed by atoms with van der Waals surface area (Å²) in [5.74, 6) is 0.954. The van der Waals surface area contributed by atoms with Crippen LogP contribution >= 0.6 is 0 Å². The number of hydrogen-bond donors (Lipinski definition) is 2. The van der Waals surface area contributed by atoms with Gasteiger partial charge in [0, 0.05) is 5.54 Å². The summed E-state index contributed by atoms with van der Waals surface area (Å²) in [4.78, 5) is 0. The zero-order valence-electron chi connectivity index (χ0n) is 9.44. The molecule has 2 heteroatoms. The quantitative estimate of drug-likeness (QED) is 0.720. The molecule has 0 aliphatic carbocycles. The van der Waals surface area contributed by atoms with Crippen LogP contribution < -0.4 is 10.6 Å². The Morgan fingerprint density at radius 1 is 1.29 bits per heavy atom. The van der Waals surface area contributed by atoms with Crippen molar-refractivity contribution in [1.29, 1.82) is 0 Å². The van der Waals surface area contributed by atoms with E-state index in [1.165, 1.54) is 58.2 Å². The molecule has 2 aliphatic rings. The maximum Gasteiger partial charge on any atom is 0.0153 e. The van der Waals surface area contributed by atoms with Crippen molar-refractivity contribution in [3.63, 3.8) is 0 Å². The third-order valence-corrected chi connectivity index (χ3v) is 3.97. The van der Waals surface area contributed by atoms with Crippen LogP contribution in [-0.4, -0.2) is 25.2 Å². The highest BCUT2D eigenvalue weighted by molar-refractivity contribution is 4.87. The van der Waals surface area contributed by atoms with Crippen LogP contribution in [0.3, 0.4) is 0 Å². The molecule has 2 rings (SSSR count). The summed E-state index contributed by atoms with van der Waals surface area (Å²) in [6.45, 7) is 6.15. The van der Waals surface area contributed by atoms with Crippen LogP contribution in [0.4, 0.5) is 0 Å². The minimum atomic E-state index is 0.459. The molecule has 2 aliphatic heterocycles. The highest BCUT2D eigenvalue weighted by Gasteiger charge is 2.27.